The second-order valence-electron chi connectivity index (χ2n) is 3.65. The van der Waals surface area contributed by atoms with Crippen molar-refractivity contribution in [1.82, 2.24) is 0 Å². The molecule has 0 radical (unpaired) electrons. The molecule has 1 aliphatic carbocycles. The molecule has 82 valence electrons. The van der Waals surface area contributed by atoms with Crippen molar-refractivity contribution in [2.45, 2.75) is 29.9 Å². The van der Waals surface area contributed by atoms with E-state index in [1.807, 2.05) is 6.92 Å². The first-order valence-corrected chi connectivity index (χ1v) is 6.66. The summed E-state index contributed by atoms with van der Waals surface area (Å²) in [6.45, 7) is 2.49. The van der Waals surface area contributed by atoms with Crippen LogP contribution in [0.1, 0.15) is 19.8 Å². The summed E-state index contributed by atoms with van der Waals surface area (Å²) in [4.78, 5) is 0.411. The summed E-state index contributed by atoms with van der Waals surface area (Å²) < 4.78 is 28.9. The van der Waals surface area contributed by atoms with E-state index in [4.69, 9.17) is 4.74 Å². The van der Waals surface area contributed by atoms with Gasteiger partial charge in [0.15, 0.2) is 9.84 Å². The van der Waals surface area contributed by atoms with Gasteiger partial charge in [-0.15, -0.1) is 0 Å². The van der Waals surface area contributed by atoms with Gasteiger partial charge in [0.25, 0.3) is 0 Å². The summed E-state index contributed by atoms with van der Waals surface area (Å²) in [6, 6.07) is 6.66. The standard InChI is InChI=1S/C11H14O3S/c1-2-14-9-3-5-10(6-4-9)15(12,13)11-7-8-11/h3-6,11H,2,7-8H2,1H3. The number of hydrogen-bond donors (Lipinski definition) is 0. The summed E-state index contributed by atoms with van der Waals surface area (Å²) in [6.07, 6.45) is 1.60. The van der Waals surface area contributed by atoms with Crippen LogP contribution in [-0.2, 0) is 9.84 Å². The van der Waals surface area contributed by atoms with Gasteiger partial charge in [0.2, 0.25) is 0 Å². The van der Waals surface area contributed by atoms with Gasteiger partial charge in [0, 0.05) is 0 Å². The SMILES string of the molecule is CCOc1ccc(S(=O)(=O)C2CC2)cc1. The Morgan fingerprint density at radius 2 is 1.87 bits per heavy atom. The van der Waals surface area contributed by atoms with Crippen molar-refractivity contribution in [3.63, 3.8) is 0 Å². The van der Waals surface area contributed by atoms with Crippen molar-refractivity contribution >= 4 is 9.84 Å². The van der Waals surface area contributed by atoms with E-state index in [-0.39, 0.29) is 5.25 Å². The third kappa shape index (κ3) is 2.15. The topological polar surface area (TPSA) is 43.4 Å². The molecule has 1 aliphatic rings. The zero-order chi connectivity index (χ0) is 10.9. The Hall–Kier alpha value is -1.03. The highest BCUT2D eigenvalue weighted by molar-refractivity contribution is 7.92. The molecule has 4 heteroatoms. The van der Waals surface area contributed by atoms with Crippen LogP contribution in [0.4, 0.5) is 0 Å². The summed E-state index contributed by atoms with van der Waals surface area (Å²) in [5, 5.41) is -0.143. The Balaban J connectivity index is 2.23. The lowest BCUT2D eigenvalue weighted by Crippen LogP contribution is -2.06. The molecular weight excluding hydrogens is 212 g/mol. The summed E-state index contributed by atoms with van der Waals surface area (Å²) in [7, 11) is -3.05. The van der Waals surface area contributed by atoms with Crippen LogP contribution in [0.15, 0.2) is 29.2 Å². The molecule has 0 aliphatic heterocycles. The molecule has 0 amide bonds. The van der Waals surface area contributed by atoms with Crippen LogP contribution >= 0.6 is 0 Å². The monoisotopic (exact) mass is 226 g/mol. The van der Waals surface area contributed by atoms with Crippen LogP contribution in [0, 0.1) is 0 Å². The van der Waals surface area contributed by atoms with Crippen LogP contribution in [0.2, 0.25) is 0 Å². The van der Waals surface area contributed by atoms with Crippen molar-refractivity contribution < 1.29 is 13.2 Å². The molecule has 0 heterocycles. The molecule has 0 bridgehead atoms. The van der Waals surface area contributed by atoms with E-state index in [9.17, 15) is 8.42 Å². The van der Waals surface area contributed by atoms with Gasteiger partial charge < -0.3 is 4.74 Å². The first-order valence-electron chi connectivity index (χ1n) is 5.11. The molecule has 1 aromatic rings. The maximum atomic E-state index is 11.8. The Kier molecular flexibility index (Phi) is 2.69. The van der Waals surface area contributed by atoms with Crippen molar-refractivity contribution in [3.05, 3.63) is 24.3 Å². The smallest absolute Gasteiger partial charge is 0.181 e. The maximum absolute atomic E-state index is 11.8. The van der Waals surface area contributed by atoms with Gasteiger partial charge in [0.1, 0.15) is 5.75 Å². The average Bonchev–Trinajstić information content (AvgIpc) is 3.02. The van der Waals surface area contributed by atoms with Crippen LogP contribution < -0.4 is 4.74 Å². The zero-order valence-corrected chi connectivity index (χ0v) is 9.46. The molecule has 0 spiro atoms. The molecule has 3 nitrogen and oxygen atoms in total. The molecule has 1 saturated carbocycles. The summed E-state index contributed by atoms with van der Waals surface area (Å²) in [5.41, 5.74) is 0. The fraction of sp³-hybridized carbons (Fsp3) is 0.455. The highest BCUT2D eigenvalue weighted by Gasteiger charge is 2.36. The van der Waals surface area contributed by atoms with E-state index in [1.54, 1.807) is 24.3 Å². The molecule has 0 aromatic heterocycles. The molecule has 15 heavy (non-hydrogen) atoms. The van der Waals surface area contributed by atoms with E-state index in [2.05, 4.69) is 0 Å². The van der Waals surface area contributed by atoms with Crippen LogP contribution in [0.25, 0.3) is 0 Å². The molecule has 1 aromatic carbocycles. The van der Waals surface area contributed by atoms with Crippen molar-refractivity contribution in [3.8, 4) is 5.75 Å². The summed E-state index contributed by atoms with van der Waals surface area (Å²) in [5.74, 6) is 0.715. The predicted molar refractivity (Wildman–Crippen MR) is 57.8 cm³/mol. The Bertz CT molecular complexity index is 429. The number of hydrogen-bond acceptors (Lipinski definition) is 3. The second kappa shape index (κ2) is 3.85. The number of ether oxygens (including phenoxy) is 1. The van der Waals surface area contributed by atoms with Gasteiger partial charge in [0.05, 0.1) is 16.8 Å². The highest BCUT2D eigenvalue weighted by Crippen LogP contribution is 2.33. The molecular formula is C11H14O3S. The minimum atomic E-state index is -3.05. The van der Waals surface area contributed by atoms with E-state index < -0.39 is 9.84 Å². The maximum Gasteiger partial charge on any atom is 0.181 e. The first kappa shape index (κ1) is 10.5. The first-order chi connectivity index (χ1) is 7.14. The average molecular weight is 226 g/mol. The predicted octanol–water partition coefficient (Wildman–Crippen LogP) is 2.02. The Labute approximate surface area is 90.0 Å². The summed E-state index contributed by atoms with van der Waals surface area (Å²) >= 11 is 0. The van der Waals surface area contributed by atoms with Gasteiger partial charge in [-0.3, -0.25) is 0 Å². The third-order valence-electron chi connectivity index (χ3n) is 2.43. The Morgan fingerprint density at radius 3 is 2.33 bits per heavy atom. The highest BCUT2D eigenvalue weighted by atomic mass is 32.2. The van der Waals surface area contributed by atoms with Crippen LogP contribution in [-0.4, -0.2) is 20.3 Å². The van der Waals surface area contributed by atoms with Crippen LogP contribution in [0.5, 0.6) is 5.75 Å². The largest absolute Gasteiger partial charge is 0.494 e. The molecule has 0 N–H and O–H groups in total. The van der Waals surface area contributed by atoms with Crippen molar-refractivity contribution in [2.24, 2.45) is 0 Å². The molecule has 1 fully saturated rings. The quantitative estimate of drug-likeness (QED) is 0.789. The third-order valence-corrected chi connectivity index (χ3v) is 4.70. The fourth-order valence-corrected chi connectivity index (χ4v) is 3.12. The van der Waals surface area contributed by atoms with Gasteiger partial charge >= 0.3 is 0 Å². The minimum absolute atomic E-state index is 0.143. The molecule has 0 saturated heterocycles. The molecule has 0 unspecified atom stereocenters. The van der Waals surface area contributed by atoms with E-state index >= 15 is 0 Å². The van der Waals surface area contributed by atoms with E-state index in [0.717, 1.165) is 12.8 Å². The zero-order valence-electron chi connectivity index (χ0n) is 8.64. The second-order valence-corrected chi connectivity index (χ2v) is 5.88. The lowest BCUT2D eigenvalue weighted by molar-refractivity contribution is 0.340. The lowest BCUT2D eigenvalue weighted by atomic mass is 10.3. The van der Waals surface area contributed by atoms with Crippen LogP contribution in [0.3, 0.4) is 0 Å². The number of benzene rings is 1. The van der Waals surface area contributed by atoms with E-state index in [1.165, 1.54) is 0 Å². The lowest BCUT2D eigenvalue weighted by Gasteiger charge is -2.05. The Morgan fingerprint density at radius 1 is 1.27 bits per heavy atom. The molecule has 2 rings (SSSR count). The van der Waals surface area contributed by atoms with Gasteiger partial charge in [-0.1, -0.05) is 0 Å². The normalized spacial score (nSPS) is 16.3. The van der Waals surface area contributed by atoms with Gasteiger partial charge in [-0.25, -0.2) is 8.42 Å². The number of rotatable bonds is 4. The van der Waals surface area contributed by atoms with Gasteiger partial charge in [-0.05, 0) is 44.0 Å². The van der Waals surface area contributed by atoms with Gasteiger partial charge in [-0.2, -0.15) is 0 Å². The van der Waals surface area contributed by atoms with Crippen molar-refractivity contribution in [1.29, 1.82) is 0 Å². The fourth-order valence-electron chi connectivity index (χ4n) is 1.46. The van der Waals surface area contributed by atoms with Crippen molar-refractivity contribution in [2.75, 3.05) is 6.61 Å². The number of sulfone groups is 1. The molecule has 0 atom stereocenters. The minimum Gasteiger partial charge on any atom is -0.494 e. The van der Waals surface area contributed by atoms with E-state index in [0.29, 0.717) is 17.3 Å².